The standard InChI is InChI=1S/C20H19FN4O4S2/c21-13-4-1-3-12(9-13)14-6-7-22-20(23-14)24-15-10-28-19-16(11-29-18(15)19)25-31(26,27)17-5-2-8-30-17/h1-9,15-16,18-19,25H,10-11H2,(H,22,23,24)/t15-,16+,18-,19+/m1/s1. The topological polar surface area (TPSA) is 102 Å². The highest BCUT2D eigenvalue weighted by molar-refractivity contribution is 7.91. The van der Waals surface area contributed by atoms with E-state index in [1.54, 1.807) is 41.9 Å². The van der Waals surface area contributed by atoms with Crippen molar-refractivity contribution in [3.63, 3.8) is 0 Å². The van der Waals surface area contributed by atoms with Crippen LogP contribution >= 0.6 is 11.3 Å². The maximum Gasteiger partial charge on any atom is 0.250 e. The minimum Gasteiger partial charge on any atom is -0.371 e. The Kier molecular flexibility index (Phi) is 5.44. The number of ether oxygens (including phenoxy) is 2. The number of fused-ring (bicyclic) bond motifs is 1. The van der Waals surface area contributed by atoms with Crippen LogP contribution in [-0.2, 0) is 19.5 Å². The lowest BCUT2D eigenvalue weighted by Gasteiger charge is -2.18. The van der Waals surface area contributed by atoms with Gasteiger partial charge >= 0.3 is 0 Å². The lowest BCUT2D eigenvalue weighted by Crippen LogP contribution is -2.44. The molecule has 31 heavy (non-hydrogen) atoms. The van der Waals surface area contributed by atoms with Crippen LogP contribution in [0.4, 0.5) is 10.3 Å². The Bertz CT molecular complexity index is 1180. The molecule has 2 aliphatic rings. The molecule has 4 atom stereocenters. The summed E-state index contributed by atoms with van der Waals surface area (Å²) in [7, 11) is -3.62. The summed E-state index contributed by atoms with van der Waals surface area (Å²) in [5, 5.41) is 4.92. The third kappa shape index (κ3) is 4.19. The van der Waals surface area contributed by atoms with Crippen LogP contribution in [0.2, 0.25) is 0 Å². The molecule has 2 saturated heterocycles. The fraction of sp³-hybridized carbons (Fsp3) is 0.300. The quantitative estimate of drug-likeness (QED) is 0.579. The van der Waals surface area contributed by atoms with Crippen molar-refractivity contribution in [3.05, 3.63) is 59.9 Å². The first kappa shape index (κ1) is 20.5. The number of nitrogens with zero attached hydrogens (tertiary/aromatic N) is 2. The molecule has 11 heteroatoms. The van der Waals surface area contributed by atoms with Gasteiger partial charge in [0.05, 0.1) is 31.0 Å². The molecular formula is C20H19FN4O4S2. The highest BCUT2D eigenvalue weighted by Gasteiger charge is 2.49. The van der Waals surface area contributed by atoms with Crippen LogP contribution in [0.1, 0.15) is 0 Å². The van der Waals surface area contributed by atoms with Crippen LogP contribution in [0, 0.1) is 5.82 Å². The summed E-state index contributed by atoms with van der Waals surface area (Å²) in [4.78, 5) is 8.70. The molecule has 5 rings (SSSR count). The largest absolute Gasteiger partial charge is 0.371 e. The summed E-state index contributed by atoms with van der Waals surface area (Å²) in [6.07, 6.45) is 0.826. The van der Waals surface area contributed by atoms with Crippen molar-refractivity contribution in [1.29, 1.82) is 0 Å². The van der Waals surface area contributed by atoms with Crippen molar-refractivity contribution in [2.45, 2.75) is 28.5 Å². The van der Waals surface area contributed by atoms with Crippen LogP contribution in [0.3, 0.4) is 0 Å². The molecule has 0 unspecified atom stereocenters. The number of benzene rings is 1. The maximum absolute atomic E-state index is 13.5. The van der Waals surface area contributed by atoms with Crippen molar-refractivity contribution in [2.75, 3.05) is 18.5 Å². The molecule has 0 saturated carbocycles. The van der Waals surface area contributed by atoms with E-state index in [4.69, 9.17) is 9.47 Å². The highest BCUT2D eigenvalue weighted by atomic mass is 32.2. The van der Waals surface area contributed by atoms with Crippen molar-refractivity contribution in [3.8, 4) is 11.3 Å². The second-order valence-electron chi connectivity index (χ2n) is 7.28. The van der Waals surface area contributed by atoms with Gasteiger partial charge in [0.2, 0.25) is 16.0 Å². The van der Waals surface area contributed by atoms with Crippen LogP contribution in [-0.4, -0.2) is 55.9 Å². The van der Waals surface area contributed by atoms with E-state index in [1.807, 2.05) is 0 Å². The molecule has 2 N–H and O–H groups in total. The summed E-state index contributed by atoms with van der Waals surface area (Å²) in [5.74, 6) is 0.0234. The Hall–Kier alpha value is -2.44. The Morgan fingerprint density at radius 1 is 1.06 bits per heavy atom. The number of nitrogens with one attached hydrogen (secondary N) is 2. The normalized spacial score (nSPS) is 25.5. The van der Waals surface area contributed by atoms with Gasteiger partial charge in [-0.25, -0.2) is 27.5 Å². The Morgan fingerprint density at radius 2 is 1.87 bits per heavy atom. The first-order valence-corrected chi connectivity index (χ1v) is 12.0. The van der Waals surface area contributed by atoms with E-state index < -0.39 is 22.2 Å². The smallest absolute Gasteiger partial charge is 0.250 e. The zero-order valence-corrected chi connectivity index (χ0v) is 17.8. The third-order valence-corrected chi connectivity index (χ3v) is 8.10. The first-order chi connectivity index (χ1) is 15.0. The molecule has 2 aliphatic heterocycles. The predicted molar refractivity (Wildman–Crippen MR) is 113 cm³/mol. The summed E-state index contributed by atoms with van der Waals surface area (Å²) in [6.45, 7) is 0.530. The van der Waals surface area contributed by atoms with Gasteiger partial charge in [-0.1, -0.05) is 18.2 Å². The van der Waals surface area contributed by atoms with Crippen molar-refractivity contribution >= 4 is 27.3 Å². The Balaban J connectivity index is 1.27. The fourth-order valence-electron chi connectivity index (χ4n) is 3.80. The Morgan fingerprint density at radius 3 is 2.65 bits per heavy atom. The monoisotopic (exact) mass is 462 g/mol. The number of thiophene rings is 1. The molecular weight excluding hydrogens is 443 g/mol. The van der Waals surface area contributed by atoms with Gasteiger partial charge in [-0.05, 0) is 29.6 Å². The van der Waals surface area contributed by atoms with Gasteiger partial charge in [-0.2, -0.15) is 0 Å². The van der Waals surface area contributed by atoms with Crippen molar-refractivity contribution in [1.82, 2.24) is 14.7 Å². The maximum atomic E-state index is 13.5. The highest BCUT2D eigenvalue weighted by Crippen LogP contribution is 2.30. The van der Waals surface area contributed by atoms with Crippen molar-refractivity contribution < 1.29 is 22.3 Å². The molecule has 2 aromatic heterocycles. The molecule has 3 aromatic rings. The molecule has 4 heterocycles. The Labute approximate surface area is 182 Å². The molecule has 0 amide bonds. The van der Waals surface area contributed by atoms with E-state index in [0.29, 0.717) is 23.8 Å². The van der Waals surface area contributed by atoms with Crippen LogP contribution in [0.25, 0.3) is 11.3 Å². The van der Waals surface area contributed by atoms with E-state index in [9.17, 15) is 12.8 Å². The fourth-order valence-corrected chi connectivity index (χ4v) is 6.04. The number of hydrogen-bond acceptors (Lipinski definition) is 8. The summed E-state index contributed by atoms with van der Waals surface area (Å²) in [6, 6.07) is 10.4. The van der Waals surface area contributed by atoms with Gasteiger partial charge in [0, 0.05) is 11.8 Å². The number of halogens is 1. The van der Waals surface area contributed by atoms with Gasteiger partial charge in [-0.15, -0.1) is 11.3 Å². The minimum atomic E-state index is -3.62. The molecule has 0 spiro atoms. The van der Waals surface area contributed by atoms with Crippen LogP contribution in [0.5, 0.6) is 0 Å². The SMILES string of the molecule is O=S(=O)(N[C@H]1CO[C@H]2[C@H]1OC[C@H]2Nc1nccc(-c2cccc(F)c2)n1)c1cccs1. The molecule has 162 valence electrons. The lowest BCUT2D eigenvalue weighted by atomic mass is 10.1. The average molecular weight is 463 g/mol. The lowest BCUT2D eigenvalue weighted by molar-refractivity contribution is 0.0690. The number of aromatic nitrogens is 2. The van der Waals surface area contributed by atoms with E-state index in [2.05, 4.69) is 20.0 Å². The third-order valence-electron chi connectivity index (χ3n) is 5.21. The molecule has 1 aromatic carbocycles. The number of rotatable bonds is 6. The number of sulfonamides is 1. The van der Waals surface area contributed by atoms with E-state index >= 15 is 0 Å². The van der Waals surface area contributed by atoms with Crippen LogP contribution < -0.4 is 10.0 Å². The van der Waals surface area contributed by atoms with E-state index in [1.165, 1.54) is 12.1 Å². The second-order valence-corrected chi connectivity index (χ2v) is 10.2. The van der Waals surface area contributed by atoms with Crippen molar-refractivity contribution in [2.24, 2.45) is 0 Å². The molecule has 0 bridgehead atoms. The van der Waals surface area contributed by atoms with E-state index in [-0.39, 0.29) is 28.8 Å². The van der Waals surface area contributed by atoms with Gasteiger partial charge in [-0.3, -0.25) is 0 Å². The number of anilines is 1. The molecule has 2 fully saturated rings. The van der Waals surface area contributed by atoms with Gasteiger partial charge in [0.15, 0.2) is 0 Å². The zero-order valence-electron chi connectivity index (χ0n) is 16.1. The zero-order chi connectivity index (χ0) is 21.4. The average Bonchev–Trinajstić information content (AvgIpc) is 3.49. The van der Waals surface area contributed by atoms with Crippen LogP contribution in [0.15, 0.2) is 58.3 Å². The van der Waals surface area contributed by atoms with E-state index in [0.717, 1.165) is 11.3 Å². The summed E-state index contributed by atoms with van der Waals surface area (Å²) in [5.41, 5.74) is 1.23. The van der Waals surface area contributed by atoms with Gasteiger partial charge in [0.1, 0.15) is 22.2 Å². The molecule has 0 radical (unpaired) electrons. The van der Waals surface area contributed by atoms with Gasteiger partial charge in [0.25, 0.3) is 0 Å². The predicted octanol–water partition coefficient (Wildman–Crippen LogP) is 2.27. The summed E-state index contributed by atoms with van der Waals surface area (Å²) < 4.78 is 53.2. The summed E-state index contributed by atoms with van der Waals surface area (Å²) >= 11 is 1.16. The number of hydrogen-bond donors (Lipinski definition) is 2. The molecule has 8 nitrogen and oxygen atoms in total. The van der Waals surface area contributed by atoms with Gasteiger partial charge < -0.3 is 14.8 Å². The second kappa shape index (κ2) is 8.24. The first-order valence-electron chi connectivity index (χ1n) is 9.64. The minimum absolute atomic E-state index is 0.211. The molecule has 0 aliphatic carbocycles.